The fourth-order valence-electron chi connectivity index (χ4n) is 5.23. The summed E-state index contributed by atoms with van der Waals surface area (Å²) in [5, 5.41) is 16.1. The van der Waals surface area contributed by atoms with Crippen LogP contribution in [0, 0.1) is 29.2 Å². The molecule has 1 aliphatic heterocycles. The van der Waals surface area contributed by atoms with Gasteiger partial charge in [0.05, 0.1) is 6.10 Å². The number of rotatable bonds is 6. The lowest BCUT2D eigenvalue weighted by Gasteiger charge is -2.39. The minimum atomic E-state index is -1.18. The predicted molar refractivity (Wildman–Crippen MR) is 112 cm³/mol. The average Bonchev–Trinajstić information content (AvgIpc) is 3.29. The van der Waals surface area contributed by atoms with Gasteiger partial charge in [-0.25, -0.2) is 17.6 Å². The lowest BCUT2D eigenvalue weighted by Crippen LogP contribution is -2.53. The summed E-state index contributed by atoms with van der Waals surface area (Å²) in [4.78, 5) is 25.1. The normalized spacial score (nSPS) is 28.4. The maximum atomic E-state index is 13.6. The van der Waals surface area contributed by atoms with Crippen LogP contribution in [-0.4, -0.2) is 41.2 Å². The SMILES string of the molecule is O=C(COc1ccc(F)c(F)c1)NC12CC(C1)C(NC(=O)[C@@H]1C[C@H](O)c3cc(F)c(F)cc3O1)C2. The molecule has 0 spiro atoms. The fraction of sp³-hybridized carbons (Fsp3) is 0.417. The maximum absolute atomic E-state index is 13.6. The van der Waals surface area contributed by atoms with Gasteiger partial charge < -0.3 is 25.2 Å². The maximum Gasteiger partial charge on any atom is 0.261 e. The van der Waals surface area contributed by atoms with Gasteiger partial charge in [-0.1, -0.05) is 0 Å². The topological polar surface area (TPSA) is 96.9 Å². The molecule has 2 bridgehead atoms. The number of carbonyl (C=O) groups excluding carboxylic acids is 2. The Balaban J connectivity index is 1.13. The zero-order chi connectivity index (χ0) is 24.9. The van der Waals surface area contributed by atoms with E-state index in [9.17, 15) is 32.3 Å². The van der Waals surface area contributed by atoms with Crippen molar-refractivity contribution >= 4 is 11.8 Å². The lowest BCUT2D eigenvalue weighted by atomic mass is 9.76. The van der Waals surface area contributed by atoms with Gasteiger partial charge in [0.15, 0.2) is 36.0 Å². The van der Waals surface area contributed by atoms with E-state index < -0.39 is 52.8 Å². The van der Waals surface area contributed by atoms with Crippen LogP contribution in [0.3, 0.4) is 0 Å². The summed E-state index contributed by atoms with van der Waals surface area (Å²) < 4.78 is 64.0. The third-order valence-corrected chi connectivity index (χ3v) is 6.89. The number of fused-ring (bicyclic) bond motifs is 2. The van der Waals surface area contributed by atoms with Gasteiger partial charge in [-0.3, -0.25) is 9.59 Å². The third-order valence-electron chi connectivity index (χ3n) is 6.89. The molecule has 0 saturated heterocycles. The second kappa shape index (κ2) is 8.71. The molecule has 3 aliphatic carbocycles. The van der Waals surface area contributed by atoms with Crippen molar-refractivity contribution < 1.29 is 41.7 Å². The Labute approximate surface area is 197 Å². The van der Waals surface area contributed by atoms with E-state index in [0.717, 1.165) is 24.3 Å². The van der Waals surface area contributed by atoms with E-state index in [4.69, 9.17) is 9.47 Å². The number of carbonyl (C=O) groups is 2. The van der Waals surface area contributed by atoms with E-state index in [0.29, 0.717) is 19.3 Å². The molecule has 35 heavy (non-hydrogen) atoms. The molecule has 0 aromatic heterocycles. The smallest absolute Gasteiger partial charge is 0.261 e. The summed E-state index contributed by atoms with van der Waals surface area (Å²) in [5.41, 5.74) is -0.416. The number of amides is 2. The quantitative estimate of drug-likeness (QED) is 0.537. The Morgan fingerprint density at radius 1 is 1.03 bits per heavy atom. The minimum absolute atomic E-state index is 0.0264. The summed E-state index contributed by atoms with van der Waals surface area (Å²) in [6.45, 7) is -0.376. The van der Waals surface area contributed by atoms with Crippen LogP contribution >= 0.6 is 0 Å². The molecule has 4 aliphatic rings. The molecule has 2 aromatic carbocycles. The Bertz CT molecular complexity index is 1190. The van der Waals surface area contributed by atoms with E-state index >= 15 is 0 Å². The fourth-order valence-corrected chi connectivity index (χ4v) is 5.23. The molecule has 6 rings (SSSR count). The molecular weight excluding hydrogens is 472 g/mol. The average molecular weight is 494 g/mol. The van der Waals surface area contributed by atoms with Crippen LogP contribution < -0.4 is 20.1 Å². The van der Waals surface area contributed by atoms with E-state index in [1.54, 1.807) is 0 Å². The first-order valence-electron chi connectivity index (χ1n) is 11.2. The Hall–Kier alpha value is -3.34. The molecule has 3 fully saturated rings. The molecule has 2 amide bonds. The highest BCUT2D eigenvalue weighted by Crippen LogP contribution is 2.52. The van der Waals surface area contributed by atoms with Gasteiger partial charge in [0, 0.05) is 35.7 Å². The van der Waals surface area contributed by atoms with Crippen molar-refractivity contribution in [2.45, 2.75) is 49.5 Å². The highest BCUT2D eigenvalue weighted by atomic mass is 19.2. The van der Waals surface area contributed by atoms with Crippen molar-refractivity contribution in [3.63, 3.8) is 0 Å². The predicted octanol–water partition coefficient (Wildman–Crippen LogP) is 2.66. The number of aliphatic hydroxyl groups excluding tert-OH is 1. The molecule has 2 aromatic rings. The number of hydrogen-bond donors (Lipinski definition) is 3. The van der Waals surface area contributed by atoms with Gasteiger partial charge in [0.25, 0.3) is 11.8 Å². The van der Waals surface area contributed by atoms with Crippen molar-refractivity contribution in [1.82, 2.24) is 10.6 Å². The van der Waals surface area contributed by atoms with Crippen molar-refractivity contribution in [1.29, 1.82) is 0 Å². The van der Waals surface area contributed by atoms with E-state index in [2.05, 4.69) is 10.6 Å². The van der Waals surface area contributed by atoms with Crippen LogP contribution in [0.1, 0.15) is 37.4 Å². The molecule has 11 heteroatoms. The van der Waals surface area contributed by atoms with Crippen molar-refractivity contribution in [3.05, 3.63) is 59.2 Å². The highest BCUT2D eigenvalue weighted by Gasteiger charge is 2.57. The van der Waals surface area contributed by atoms with Gasteiger partial charge in [-0.2, -0.15) is 0 Å². The van der Waals surface area contributed by atoms with Crippen LogP contribution in [-0.2, 0) is 9.59 Å². The lowest BCUT2D eigenvalue weighted by molar-refractivity contribution is -0.131. The van der Waals surface area contributed by atoms with Crippen LogP contribution in [0.15, 0.2) is 30.3 Å². The van der Waals surface area contributed by atoms with E-state index in [-0.39, 0.29) is 42.0 Å². The van der Waals surface area contributed by atoms with Gasteiger partial charge in [-0.15, -0.1) is 0 Å². The van der Waals surface area contributed by atoms with E-state index in [1.165, 1.54) is 6.07 Å². The standard InChI is InChI=1S/C24H22F4N2O5/c25-14-2-1-12(3-15(14)26)34-10-22(32)30-24-7-11(8-24)18(9-24)29-23(33)21-6-19(31)13-4-16(27)17(28)5-20(13)35-21/h1-5,11,18-19,21,31H,6-10H2,(H,29,33)(H,30,32)/t11?,18?,19-,21-,24?/m0/s1. The number of halogens is 4. The van der Waals surface area contributed by atoms with E-state index in [1.807, 2.05) is 0 Å². The third kappa shape index (κ3) is 4.52. The molecule has 3 atom stereocenters. The second-order valence-electron chi connectivity index (χ2n) is 9.34. The number of hydrogen-bond acceptors (Lipinski definition) is 5. The van der Waals surface area contributed by atoms with Gasteiger partial charge in [-0.05, 0) is 43.4 Å². The zero-order valence-corrected chi connectivity index (χ0v) is 18.3. The number of aliphatic hydroxyl groups is 1. The molecule has 1 unspecified atom stereocenters. The summed E-state index contributed by atoms with van der Waals surface area (Å²) >= 11 is 0. The number of ether oxygens (including phenoxy) is 2. The second-order valence-corrected chi connectivity index (χ2v) is 9.34. The first-order chi connectivity index (χ1) is 16.6. The van der Waals surface area contributed by atoms with Crippen LogP contribution in [0.4, 0.5) is 17.6 Å². The van der Waals surface area contributed by atoms with Crippen molar-refractivity contribution in [2.75, 3.05) is 6.61 Å². The van der Waals surface area contributed by atoms with Crippen molar-refractivity contribution in [3.8, 4) is 11.5 Å². The largest absolute Gasteiger partial charge is 0.484 e. The van der Waals surface area contributed by atoms with Gasteiger partial charge >= 0.3 is 0 Å². The number of benzene rings is 2. The highest BCUT2D eigenvalue weighted by molar-refractivity contribution is 5.82. The number of nitrogens with one attached hydrogen (secondary N) is 2. The Morgan fingerprint density at radius 3 is 2.49 bits per heavy atom. The van der Waals surface area contributed by atoms with Crippen LogP contribution in [0.2, 0.25) is 0 Å². The minimum Gasteiger partial charge on any atom is -0.484 e. The molecule has 3 saturated carbocycles. The first kappa shape index (κ1) is 23.4. The molecule has 3 N–H and O–H groups in total. The monoisotopic (exact) mass is 494 g/mol. The summed E-state index contributed by atoms with van der Waals surface area (Å²) in [6, 6.07) is 4.42. The first-order valence-corrected chi connectivity index (χ1v) is 11.2. The molecular formula is C24H22F4N2O5. The molecule has 1 heterocycles. The van der Waals surface area contributed by atoms with Crippen LogP contribution in [0.25, 0.3) is 0 Å². The van der Waals surface area contributed by atoms with Gasteiger partial charge in [0.2, 0.25) is 0 Å². The summed E-state index contributed by atoms with van der Waals surface area (Å²) in [5.74, 6) is -5.17. The Morgan fingerprint density at radius 2 is 1.74 bits per heavy atom. The zero-order valence-electron chi connectivity index (χ0n) is 18.3. The summed E-state index contributed by atoms with van der Waals surface area (Å²) in [6.07, 6.45) is -0.583. The Kier molecular flexibility index (Phi) is 5.82. The molecule has 7 nitrogen and oxygen atoms in total. The molecule has 0 radical (unpaired) electrons. The van der Waals surface area contributed by atoms with Crippen LogP contribution in [0.5, 0.6) is 11.5 Å². The molecule has 186 valence electrons. The van der Waals surface area contributed by atoms with Gasteiger partial charge in [0.1, 0.15) is 11.5 Å². The van der Waals surface area contributed by atoms with Crippen molar-refractivity contribution in [2.24, 2.45) is 5.92 Å². The summed E-state index contributed by atoms with van der Waals surface area (Å²) in [7, 11) is 0.